The maximum absolute atomic E-state index is 10.6. The molecule has 0 spiro atoms. The molecular formula is C4H5NOS2. The Bertz CT molecular complexity index is 184. The van der Waals surface area contributed by atoms with Gasteiger partial charge in [-0.25, -0.2) is 4.21 Å². The van der Waals surface area contributed by atoms with Crippen molar-refractivity contribution in [3.05, 3.63) is 11.1 Å². The maximum atomic E-state index is 10.6. The summed E-state index contributed by atoms with van der Waals surface area (Å²) < 4.78 is 11.0. The highest BCUT2D eigenvalue weighted by atomic mass is 32.2. The minimum Gasteiger partial charge on any atom is -0.342 e. The standard InChI is InChI=1S/C4H5NOS2/c1-3-2-8(6)4(7)5-3/h2H,1H3,(H,5,7). The topological polar surface area (TPSA) is 29.1 Å². The molecule has 0 bridgehead atoms. The lowest BCUT2D eigenvalue weighted by atomic mass is 10.6. The van der Waals surface area contributed by atoms with Crippen LogP contribution in [0.25, 0.3) is 0 Å². The van der Waals surface area contributed by atoms with Gasteiger partial charge in [-0.2, -0.15) is 0 Å². The molecule has 0 aliphatic carbocycles. The van der Waals surface area contributed by atoms with Crippen LogP contribution in [0.1, 0.15) is 6.92 Å². The van der Waals surface area contributed by atoms with Gasteiger partial charge in [0.25, 0.3) is 0 Å². The van der Waals surface area contributed by atoms with Crippen molar-refractivity contribution in [2.45, 2.75) is 6.92 Å². The van der Waals surface area contributed by atoms with Crippen LogP contribution in [0, 0.1) is 0 Å². The molecule has 0 saturated heterocycles. The van der Waals surface area contributed by atoms with E-state index in [1.165, 1.54) is 0 Å². The number of allylic oxidation sites excluding steroid dienone is 1. The van der Waals surface area contributed by atoms with Gasteiger partial charge in [-0.05, 0) is 19.1 Å². The zero-order valence-electron chi connectivity index (χ0n) is 4.30. The average molecular weight is 147 g/mol. The lowest BCUT2D eigenvalue weighted by molar-refractivity contribution is 0.695. The number of nitrogens with one attached hydrogen (secondary N) is 1. The van der Waals surface area contributed by atoms with Crippen molar-refractivity contribution in [2.24, 2.45) is 0 Å². The third-order valence-electron chi connectivity index (χ3n) is 0.766. The van der Waals surface area contributed by atoms with Crippen LogP contribution < -0.4 is 5.32 Å². The third-order valence-corrected chi connectivity index (χ3v) is 2.40. The molecule has 0 aromatic carbocycles. The molecule has 0 amide bonds. The molecule has 1 unspecified atom stereocenters. The zero-order chi connectivity index (χ0) is 6.15. The molecule has 1 atom stereocenters. The normalized spacial score (nSPS) is 27.4. The molecule has 0 fully saturated rings. The highest BCUT2D eigenvalue weighted by molar-refractivity contribution is 8.15. The predicted molar refractivity (Wildman–Crippen MR) is 37.6 cm³/mol. The van der Waals surface area contributed by atoms with Gasteiger partial charge in [-0.15, -0.1) is 0 Å². The largest absolute Gasteiger partial charge is 0.342 e. The number of thiocarbonyl (C=S) groups is 1. The SMILES string of the molecule is CC1=CS(=O)C(=S)N1. The second-order valence-corrected chi connectivity index (χ2v) is 3.42. The van der Waals surface area contributed by atoms with Crippen LogP contribution in [-0.4, -0.2) is 8.53 Å². The van der Waals surface area contributed by atoms with Crippen molar-refractivity contribution in [1.29, 1.82) is 0 Å². The van der Waals surface area contributed by atoms with Gasteiger partial charge in [0.1, 0.15) is 10.8 Å². The van der Waals surface area contributed by atoms with Crippen molar-refractivity contribution < 1.29 is 4.21 Å². The average Bonchev–Trinajstić information content (AvgIpc) is 1.85. The highest BCUT2D eigenvalue weighted by Gasteiger charge is 2.11. The Balaban J connectivity index is 2.85. The summed E-state index contributed by atoms with van der Waals surface area (Å²) in [5, 5.41) is 4.36. The van der Waals surface area contributed by atoms with E-state index in [4.69, 9.17) is 0 Å². The quantitative estimate of drug-likeness (QED) is 0.505. The van der Waals surface area contributed by atoms with E-state index < -0.39 is 10.8 Å². The highest BCUT2D eigenvalue weighted by Crippen LogP contribution is 2.02. The molecule has 0 saturated carbocycles. The maximum Gasteiger partial charge on any atom is 0.173 e. The van der Waals surface area contributed by atoms with E-state index in [0.717, 1.165) is 5.70 Å². The smallest absolute Gasteiger partial charge is 0.173 e. The molecule has 2 nitrogen and oxygen atoms in total. The minimum atomic E-state index is -1.04. The first-order valence-electron chi connectivity index (χ1n) is 2.10. The molecule has 1 aliphatic rings. The number of rotatable bonds is 0. The van der Waals surface area contributed by atoms with Crippen LogP contribution in [0.15, 0.2) is 11.1 Å². The lowest BCUT2D eigenvalue weighted by Gasteiger charge is -1.89. The number of hydrogen-bond donors (Lipinski definition) is 1. The first-order valence-corrected chi connectivity index (χ1v) is 3.72. The van der Waals surface area contributed by atoms with Gasteiger partial charge in [0.15, 0.2) is 4.32 Å². The summed E-state index contributed by atoms with van der Waals surface area (Å²) in [4.78, 5) is 0. The van der Waals surface area contributed by atoms with Crippen LogP contribution >= 0.6 is 12.2 Å². The molecule has 8 heavy (non-hydrogen) atoms. The van der Waals surface area contributed by atoms with E-state index in [1.54, 1.807) is 5.41 Å². The monoisotopic (exact) mass is 147 g/mol. The Morgan fingerprint density at radius 3 is 2.62 bits per heavy atom. The fourth-order valence-electron chi connectivity index (χ4n) is 0.455. The molecule has 44 valence electrons. The van der Waals surface area contributed by atoms with Crippen molar-refractivity contribution in [1.82, 2.24) is 5.32 Å². The Labute approximate surface area is 55.4 Å². The van der Waals surface area contributed by atoms with Gasteiger partial charge >= 0.3 is 0 Å². The summed E-state index contributed by atoms with van der Waals surface area (Å²) in [5.74, 6) is 0. The summed E-state index contributed by atoms with van der Waals surface area (Å²) in [6.07, 6.45) is 0. The van der Waals surface area contributed by atoms with Gasteiger partial charge in [-0.1, -0.05) is 0 Å². The molecule has 1 rings (SSSR count). The molecule has 1 heterocycles. The summed E-state index contributed by atoms with van der Waals surface area (Å²) in [5.41, 5.74) is 0.883. The van der Waals surface area contributed by atoms with Crippen LogP contribution in [0.2, 0.25) is 0 Å². The molecule has 0 aromatic rings. The van der Waals surface area contributed by atoms with E-state index in [1.807, 2.05) is 6.92 Å². The van der Waals surface area contributed by atoms with Crippen molar-refractivity contribution in [2.75, 3.05) is 0 Å². The predicted octanol–water partition coefficient (Wildman–Crippen LogP) is 0.485. The Kier molecular flexibility index (Phi) is 1.44. The van der Waals surface area contributed by atoms with E-state index in [9.17, 15) is 4.21 Å². The van der Waals surface area contributed by atoms with Crippen LogP contribution in [-0.2, 0) is 10.8 Å². The first-order chi connectivity index (χ1) is 3.70. The van der Waals surface area contributed by atoms with Crippen molar-refractivity contribution in [3.63, 3.8) is 0 Å². The first kappa shape index (κ1) is 5.91. The Morgan fingerprint density at radius 1 is 1.88 bits per heavy atom. The molecular weight excluding hydrogens is 142 g/mol. The fraction of sp³-hybridized carbons (Fsp3) is 0.250. The van der Waals surface area contributed by atoms with Crippen molar-refractivity contribution in [3.8, 4) is 0 Å². The van der Waals surface area contributed by atoms with Gasteiger partial charge in [0.05, 0.1) is 0 Å². The summed E-state index contributed by atoms with van der Waals surface area (Å²) in [6, 6.07) is 0. The van der Waals surface area contributed by atoms with E-state index in [2.05, 4.69) is 17.5 Å². The van der Waals surface area contributed by atoms with Crippen LogP contribution in [0.3, 0.4) is 0 Å². The molecule has 1 aliphatic heterocycles. The van der Waals surface area contributed by atoms with Crippen LogP contribution in [0.5, 0.6) is 0 Å². The van der Waals surface area contributed by atoms with E-state index >= 15 is 0 Å². The molecule has 1 N–H and O–H groups in total. The summed E-state index contributed by atoms with van der Waals surface area (Å²) in [6.45, 7) is 1.83. The second-order valence-electron chi connectivity index (χ2n) is 1.51. The Morgan fingerprint density at radius 2 is 2.50 bits per heavy atom. The van der Waals surface area contributed by atoms with Gasteiger partial charge < -0.3 is 5.32 Å². The van der Waals surface area contributed by atoms with Gasteiger partial charge in [0.2, 0.25) is 0 Å². The second kappa shape index (κ2) is 1.95. The lowest BCUT2D eigenvalue weighted by Crippen LogP contribution is -2.13. The van der Waals surface area contributed by atoms with Gasteiger partial charge in [-0.3, -0.25) is 0 Å². The summed E-state index contributed by atoms with van der Waals surface area (Å²) in [7, 11) is -1.04. The Hall–Kier alpha value is -0.220. The minimum absolute atomic E-state index is 0.419. The van der Waals surface area contributed by atoms with E-state index in [0.29, 0.717) is 4.32 Å². The third kappa shape index (κ3) is 0.952. The molecule has 4 heteroatoms. The van der Waals surface area contributed by atoms with E-state index in [-0.39, 0.29) is 0 Å². The zero-order valence-corrected chi connectivity index (χ0v) is 5.94. The van der Waals surface area contributed by atoms with Crippen LogP contribution in [0.4, 0.5) is 0 Å². The van der Waals surface area contributed by atoms with Gasteiger partial charge in [0, 0.05) is 11.1 Å². The number of hydrogen-bond acceptors (Lipinski definition) is 2. The fourth-order valence-corrected chi connectivity index (χ4v) is 1.51. The molecule has 0 radical (unpaired) electrons. The summed E-state index contributed by atoms with van der Waals surface area (Å²) >= 11 is 4.66. The molecule has 0 aromatic heterocycles. The van der Waals surface area contributed by atoms with Crippen molar-refractivity contribution >= 4 is 27.3 Å².